The van der Waals surface area contributed by atoms with Crippen molar-refractivity contribution in [1.82, 2.24) is 0 Å². The summed E-state index contributed by atoms with van der Waals surface area (Å²) in [6.07, 6.45) is 7.99. The van der Waals surface area contributed by atoms with Crippen LogP contribution in [0, 0.1) is 0 Å². The van der Waals surface area contributed by atoms with Crippen LogP contribution < -0.4 is 4.74 Å². The van der Waals surface area contributed by atoms with Crippen LogP contribution in [0.2, 0.25) is 0 Å². The molecule has 2 rings (SSSR count). The normalized spacial score (nSPS) is 14.8. The van der Waals surface area contributed by atoms with Crippen LogP contribution in [0.3, 0.4) is 0 Å². The molecule has 0 saturated carbocycles. The van der Waals surface area contributed by atoms with E-state index in [2.05, 4.69) is 18.1 Å². The summed E-state index contributed by atoms with van der Waals surface area (Å²) in [5, 5.41) is 21.2. The van der Waals surface area contributed by atoms with Crippen molar-refractivity contribution in [3.05, 3.63) is 28.8 Å². The summed E-state index contributed by atoms with van der Waals surface area (Å²) < 4.78 is 5.86. The van der Waals surface area contributed by atoms with Gasteiger partial charge < -0.3 is 15.1 Å². The van der Waals surface area contributed by atoms with Crippen LogP contribution in [0.25, 0.3) is 0 Å². The van der Waals surface area contributed by atoms with Gasteiger partial charge in [-0.2, -0.15) is 0 Å². The van der Waals surface area contributed by atoms with Crippen LogP contribution in [0.15, 0.2) is 17.3 Å². The van der Waals surface area contributed by atoms with Crippen molar-refractivity contribution in [3.8, 4) is 5.75 Å². The Bertz CT molecular complexity index is 595. The first-order chi connectivity index (χ1) is 11.7. The van der Waals surface area contributed by atoms with Gasteiger partial charge in [0.25, 0.3) is 0 Å². The predicted octanol–water partition coefficient (Wildman–Crippen LogP) is 4.18. The highest BCUT2D eigenvalue weighted by molar-refractivity contribution is 6.04. The van der Waals surface area contributed by atoms with E-state index in [0.717, 1.165) is 37.0 Å². The van der Waals surface area contributed by atoms with E-state index in [4.69, 9.17) is 15.1 Å². The minimum absolute atomic E-state index is 0.111. The van der Waals surface area contributed by atoms with Crippen molar-refractivity contribution in [3.63, 3.8) is 0 Å². The Kier molecular flexibility index (Phi) is 7.09. The monoisotopic (exact) mass is 333 g/mol. The molecular weight excluding hydrogens is 306 g/mol. The van der Waals surface area contributed by atoms with E-state index in [1.54, 1.807) is 0 Å². The van der Waals surface area contributed by atoms with E-state index in [1.165, 1.54) is 30.4 Å². The average molecular weight is 333 g/mol. The number of aliphatic carboxylic acids is 1. The molecule has 0 saturated heterocycles. The zero-order chi connectivity index (χ0) is 17.4. The molecule has 0 spiro atoms. The second kappa shape index (κ2) is 9.30. The van der Waals surface area contributed by atoms with Crippen molar-refractivity contribution in [1.29, 1.82) is 0 Å². The van der Waals surface area contributed by atoms with Gasteiger partial charge in [0.05, 0.1) is 12.3 Å². The maximum Gasteiger partial charge on any atom is 0.303 e. The van der Waals surface area contributed by atoms with Gasteiger partial charge in [-0.1, -0.05) is 37.4 Å². The summed E-state index contributed by atoms with van der Waals surface area (Å²) in [4.78, 5) is 10.6. The number of rotatable bonds is 10. The molecule has 0 bridgehead atoms. The van der Waals surface area contributed by atoms with Crippen LogP contribution in [-0.2, 0) is 17.6 Å². The molecule has 132 valence electrons. The molecule has 5 heteroatoms. The highest BCUT2D eigenvalue weighted by Gasteiger charge is 2.21. The molecule has 1 aromatic rings. The minimum Gasteiger partial charge on any atom is -0.493 e. The Morgan fingerprint density at radius 1 is 1.21 bits per heavy atom. The number of oxime groups is 1. The molecule has 1 aliphatic carbocycles. The van der Waals surface area contributed by atoms with Crippen molar-refractivity contribution in [2.45, 2.75) is 64.7 Å². The van der Waals surface area contributed by atoms with E-state index >= 15 is 0 Å². The summed E-state index contributed by atoms with van der Waals surface area (Å²) in [7, 11) is 0. The number of hydrogen-bond donors (Lipinski definition) is 2. The lowest BCUT2D eigenvalue weighted by Gasteiger charge is -2.14. The Morgan fingerprint density at radius 3 is 2.75 bits per heavy atom. The number of fused-ring (bicyclic) bond motifs is 1. The van der Waals surface area contributed by atoms with E-state index in [0.29, 0.717) is 18.7 Å². The number of carboxylic acid groups (broad SMARTS) is 1. The lowest BCUT2D eigenvalue weighted by Crippen LogP contribution is -2.05. The molecule has 0 amide bonds. The van der Waals surface area contributed by atoms with Crippen LogP contribution in [0.1, 0.15) is 68.6 Å². The molecule has 5 nitrogen and oxygen atoms in total. The first-order valence-corrected chi connectivity index (χ1v) is 8.87. The second-order valence-electron chi connectivity index (χ2n) is 6.32. The number of aryl methyl sites for hydroxylation is 2. The zero-order valence-electron chi connectivity index (χ0n) is 14.4. The van der Waals surface area contributed by atoms with Gasteiger partial charge in [0.1, 0.15) is 5.75 Å². The molecule has 0 unspecified atom stereocenters. The van der Waals surface area contributed by atoms with Gasteiger partial charge in [0, 0.05) is 12.0 Å². The number of unbranched alkanes of at least 4 members (excludes halogenated alkanes) is 3. The van der Waals surface area contributed by atoms with Gasteiger partial charge in [-0.3, -0.25) is 4.79 Å². The number of nitrogens with zero attached hydrogens (tertiary/aromatic N) is 1. The van der Waals surface area contributed by atoms with E-state index in [1.807, 2.05) is 6.07 Å². The van der Waals surface area contributed by atoms with Gasteiger partial charge in [0.15, 0.2) is 0 Å². The molecule has 1 aliphatic rings. The van der Waals surface area contributed by atoms with Crippen molar-refractivity contribution in [2.75, 3.05) is 6.61 Å². The first kappa shape index (κ1) is 18.3. The van der Waals surface area contributed by atoms with E-state index in [-0.39, 0.29) is 6.42 Å². The van der Waals surface area contributed by atoms with Gasteiger partial charge in [-0.15, -0.1) is 0 Å². The number of ether oxygens (including phenoxy) is 1. The Balaban J connectivity index is 2.09. The quantitative estimate of drug-likeness (QED) is 0.382. The van der Waals surface area contributed by atoms with Gasteiger partial charge >= 0.3 is 5.97 Å². The SMILES string of the molecule is CCCCCCc1cc2c(cc1OCCCC(=O)O)/C(=N/O)CC2. The largest absolute Gasteiger partial charge is 0.493 e. The zero-order valence-corrected chi connectivity index (χ0v) is 14.4. The fourth-order valence-electron chi connectivity index (χ4n) is 3.12. The summed E-state index contributed by atoms with van der Waals surface area (Å²) in [6.45, 7) is 2.58. The van der Waals surface area contributed by atoms with Gasteiger partial charge in [0.2, 0.25) is 0 Å². The maximum absolute atomic E-state index is 10.6. The number of benzene rings is 1. The molecule has 2 N–H and O–H groups in total. The third-order valence-electron chi connectivity index (χ3n) is 4.44. The van der Waals surface area contributed by atoms with Crippen molar-refractivity contribution >= 4 is 11.7 Å². The van der Waals surface area contributed by atoms with Crippen LogP contribution >= 0.6 is 0 Å². The molecule has 1 aromatic carbocycles. The smallest absolute Gasteiger partial charge is 0.303 e. The third-order valence-corrected chi connectivity index (χ3v) is 4.44. The maximum atomic E-state index is 10.6. The highest BCUT2D eigenvalue weighted by Crippen LogP contribution is 2.31. The second-order valence-corrected chi connectivity index (χ2v) is 6.32. The molecule has 0 atom stereocenters. The lowest BCUT2D eigenvalue weighted by molar-refractivity contribution is -0.137. The Hall–Kier alpha value is -2.04. The van der Waals surface area contributed by atoms with Crippen LogP contribution in [-0.4, -0.2) is 28.6 Å². The number of carboxylic acids is 1. The number of carbonyl (C=O) groups is 1. The molecule has 24 heavy (non-hydrogen) atoms. The fraction of sp³-hybridized carbons (Fsp3) is 0.579. The first-order valence-electron chi connectivity index (χ1n) is 8.87. The Labute approximate surface area is 143 Å². The summed E-state index contributed by atoms with van der Waals surface area (Å²) >= 11 is 0. The fourth-order valence-corrected chi connectivity index (χ4v) is 3.12. The lowest BCUT2D eigenvalue weighted by atomic mass is 10.00. The molecular formula is C19H27NO4. The molecule has 0 aliphatic heterocycles. The molecule has 0 heterocycles. The minimum atomic E-state index is -0.804. The topological polar surface area (TPSA) is 79.1 Å². The average Bonchev–Trinajstić information content (AvgIpc) is 2.97. The third kappa shape index (κ3) is 4.98. The summed E-state index contributed by atoms with van der Waals surface area (Å²) in [5.74, 6) is 0.000676. The Morgan fingerprint density at radius 2 is 2.04 bits per heavy atom. The summed E-state index contributed by atoms with van der Waals surface area (Å²) in [6, 6.07) is 4.14. The van der Waals surface area contributed by atoms with Crippen LogP contribution in [0.5, 0.6) is 5.75 Å². The molecule has 0 fully saturated rings. The highest BCUT2D eigenvalue weighted by atomic mass is 16.5. The van der Waals surface area contributed by atoms with Gasteiger partial charge in [-0.25, -0.2) is 0 Å². The van der Waals surface area contributed by atoms with Crippen LogP contribution in [0.4, 0.5) is 0 Å². The van der Waals surface area contributed by atoms with Gasteiger partial charge in [-0.05, 0) is 49.3 Å². The standard InChI is InChI=1S/C19H27NO4/c1-2-3-4-5-7-15-12-14-9-10-17(20-23)16(14)13-18(15)24-11-6-8-19(21)22/h12-13,23H,2-11H2,1H3,(H,21,22)/b20-17+. The summed E-state index contributed by atoms with van der Waals surface area (Å²) in [5.41, 5.74) is 4.06. The van der Waals surface area contributed by atoms with Crippen molar-refractivity contribution in [2.24, 2.45) is 5.16 Å². The van der Waals surface area contributed by atoms with E-state index < -0.39 is 5.97 Å². The van der Waals surface area contributed by atoms with E-state index in [9.17, 15) is 4.79 Å². The molecule has 0 radical (unpaired) electrons. The predicted molar refractivity (Wildman–Crippen MR) is 93.3 cm³/mol. The van der Waals surface area contributed by atoms with Crippen molar-refractivity contribution < 1.29 is 19.8 Å². The molecule has 0 aromatic heterocycles. The number of hydrogen-bond acceptors (Lipinski definition) is 4.